The molecule has 0 radical (unpaired) electrons. The van der Waals surface area contributed by atoms with E-state index in [-0.39, 0.29) is 5.28 Å². The van der Waals surface area contributed by atoms with E-state index in [0.717, 1.165) is 26.8 Å². The molecule has 74 valence electrons. The van der Waals surface area contributed by atoms with Crippen molar-refractivity contribution in [1.29, 1.82) is 0 Å². The first-order valence-electron chi connectivity index (χ1n) is 4.11. The number of hydrogen-bond donors (Lipinski definition) is 0. The molecule has 0 amide bonds. The molecule has 0 spiro atoms. The fourth-order valence-electron chi connectivity index (χ4n) is 1.16. The van der Waals surface area contributed by atoms with Gasteiger partial charge in [-0.25, -0.2) is 9.97 Å². The highest BCUT2D eigenvalue weighted by molar-refractivity contribution is 8.00. The van der Waals surface area contributed by atoms with Crippen LogP contribution in [0.15, 0.2) is 4.34 Å². The lowest BCUT2D eigenvalue weighted by Gasteiger charge is -1.96. The average molecular weight is 246 g/mol. The van der Waals surface area contributed by atoms with Crippen LogP contribution in [0, 0.1) is 0 Å². The van der Waals surface area contributed by atoms with Gasteiger partial charge in [-0.3, -0.25) is 0 Å². The number of aromatic nitrogens is 3. The lowest BCUT2D eigenvalue weighted by molar-refractivity contribution is 1.03. The van der Waals surface area contributed by atoms with E-state index in [1.54, 1.807) is 23.1 Å². The molecule has 0 saturated heterocycles. The zero-order valence-corrected chi connectivity index (χ0v) is 10.1. The number of thioether (sulfide) groups is 1. The van der Waals surface area contributed by atoms with Crippen LogP contribution in [0.1, 0.15) is 12.6 Å². The largest absolute Gasteiger partial charge is 0.224 e. The fraction of sp³-hybridized carbons (Fsp3) is 0.375. The number of nitrogens with zero attached hydrogens (tertiary/aromatic N) is 3. The third-order valence-corrected chi connectivity index (χ3v) is 4.03. The van der Waals surface area contributed by atoms with E-state index in [1.165, 1.54) is 0 Å². The quantitative estimate of drug-likeness (QED) is 0.602. The van der Waals surface area contributed by atoms with Gasteiger partial charge in [0.1, 0.15) is 0 Å². The van der Waals surface area contributed by atoms with Crippen molar-refractivity contribution in [3.63, 3.8) is 0 Å². The summed E-state index contributed by atoms with van der Waals surface area (Å²) in [5, 5.41) is 0.285. The summed E-state index contributed by atoms with van der Waals surface area (Å²) in [6.07, 6.45) is 2.85. The highest BCUT2D eigenvalue weighted by atomic mass is 35.5. The Bertz CT molecular complexity index is 469. The van der Waals surface area contributed by atoms with Crippen LogP contribution in [-0.2, 0) is 6.42 Å². The Kier molecular flexibility index (Phi) is 2.90. The number of halogens is 1. The van der Waals surface area contributed by atoms with E-state index in [4.69, 9.17) is 11.6 Å². The van der Waals surface area contributed by atoms with Crippen LogP contribution in [-0.4, -0.2) is 21.2 Å². The maximum absolute atomic E-state index is 5.79. The summed E-state index contributed by atoms with van der Waals surface area (Å²) in [6, 6.07) is 0. The van der Waals surface area contributed by atoms with Gasteiger partial charge < -0.3 is 0 Å². The standard InChI is InChI=1S/C8H8ClN3S2/c1-3-4-5-6(11-7(9)10-4)12-8(13-2)14-5/h3H2,1-2H3. The van der Waals surface area contributed by atoms with Crippen LogP contribution >= 0.6 is 34.7 Å². The zero-order valence-electron chi connectivity index (χ0n) is 7.74. The zero-order chi connectivity index (χ0) is 10.1. The van der Waals surface area contributed by atoms with Crippen LogP contribution in [0.3, 0.4) is 0 Å². The molecule has 0 saturated carbocycles. The van der Waals surface area contributed by atoms with Crippen molar-refractivity contribution >= 4 is 45.0 Å². The topological polar surface area (TPSA) is 38.7 Å². The van der Waals surface area contributed by atoms with Gasteiger partial charge in [-0.15, -0.1) is 11.3 Å². The second kappa shape index (κ2) is 4.00. The number of thiazole rings is 1. The summed E-state index contributed by atoms with van der Waals surface area (Å²) in [7, 11) is 0. The number of aryl methyl sites for hydroxylation is 1. The summed E-state index contributed by atoms with van der Waals surface area (Å²) in [5.41, 5.74) is 1.70. The minimum Gasteiger partial charge on any atom is -0.221 e. The average Bonchev–Trinajstić information content (AvgIpc) is 2.59. The molecule has 2 aromatic heterocycles. The highest BCUT2D eigenvalue weighted by Gasteiger charge is 2.10. The lowest BCUT2D eigenvalue weighted by atomic mass is 10.3. The first-order chi connectivity index (χ1) is 6.74. The highest BCUT2D eigenvalue weighted by Crippen LogP contribution is 2.29. The summed E-state index contributed by atoms with van der Waals surface area (Å²) >= 11 is 9.03. The Morgan fingerprint density at radius 2 is 2.14 bits per heavy atom. The molecule has 6 heteroatoms. The van der Waals surface area contributed by atoms with E-state index in [2.05, 4.69) is 21.9 Å². The summed E-state index contributed by atoms with van der Waals surface area (Å²) in [4.78, 5) is 12.6. The fourth-order valence-corrected chi connectivity index (χ4v) is 2.90. The molecule has 3 nitrogen and oxygen atoms in total. The third-order valence-electron chi connectivity index (χ3n) is 1.79. The summed E-state index contributed by atoms with van der Waals surface area (Å²) in [6.45, 7) is 2.05. The Morgan fingerprint density at radius 3 is 2.79 bits per heavy atom. The second-order valence-corrected chi connectivity index (χ2v) is 5.02. The van der Waals surface area contributed by atoms with Crippen LogP contribution in [0.2, 0.25) is 5.28 Å². The predicted molar refractivity (Wildman–Crippen MR) is 61.4 cm³/mol. The van der Waals surface area contributed by atoms with Crippen molar-refractivity contribution in [1.82, 2.24) is 15.0 Å². The Hall–Kier alpha value is -0.390. The van der Waals surface area contributed by atoms with E-state index in [0.29, 0.717) is 0 Å². The maximum Gasteiger partial charge on any atom is 0.224 e. The van der Waals surface area contributed by atoms with Crippen LogP contribution in [0.5, 0.6) is 0 Å². The monoisotopic (exact) mass is 245 g/mol. The second-order valence-electron chi connectivity index (χ2n) is 2.63. The van der Waals surface area contributed by atoms with Crippen LogP contribution < -0.4 is 0 Å². The molecule has 0 fully saturated rings. The minimum atomic E-state index is 0.285. The van der Waals surface area contributed by atoms with Gasteiger partial charge in [-0.2, -0.15) is 4.98 Å². The van der Waals surface area contributed by atoms with E-state index >= 15 is 0 Å². The normalized spacial score (nSPS) is 11.1. The van der Waals surface area contributed by atoms with Gasteiger partial charge in [0.05, 0.1) is 10.4 Å². The Labute approximate surface area is 94.9 Å². The molecule has 14 heavy (non-hydrogen) atoms. The molecule has 0 unspecified atom stereocenters. The van der Waals surface area contributed by atoms with Crippen molar-refractivity contribution in [2.75, 3.05) is 6.26 Å². The van der Waals surface area contributed by atoms with Crippen molar-refractivity contribution < 1.29 is 0 Å². The first kappa shape index (κ1) is 10.1. The Morgan fingerprint density at radius 1 is 1.36 bits per heavy atom. The third kappa shape index (κ3) is 1.71. The van der Waals surface area contributed by atoms with E-state index in [1.807, 2.05) is 6.26 Å². The summed E-state index contributed by atoms with van der Waals surface area (Å²) in [5.74, 6) is 0. The molecular weight excluding hydrogens is 238 g/mol. The van der Waals surface area contributed by atoms with Gasteiger partial charge in [-0.05, 0) is 24.3 Å². The molecule has 0 aliphatic heterocycles. The number of rotatable bonds is 2. The molecule has 0 atom stereocenters. The smallest absolute Gasteiger partial charge is 0.221 e. The summed E-state index contributed by atoms with van der Waals surface area (Å²) < 4.78 is 2.06. The van der Waals surface area contributed by atoms with Crippen molar-refractivity contribution in [2.24, 2.45) is 0 Å². The van der Waals surface area contributed by atoms with Crippen LogP contribution in [0.4, 0.5) is 0 Å². The molecule has 0 bridgehead atoms. The minimum absolute atomic E-state index is 0.285. The molecule has 0 aliphatic rings. The van der Waals surface area contributed by atoms with Crippen molar-refractivity contribution in [3.8, 4) is 0 Å². The SMILES string of the molecule is CCc1nc(Cl)nc2nc(SC)sc12. The van der Waals surface area contributed by atoms with Gasteiger partial charge >= 0.3 is 0 Å². The molecule has 2 heterocycles. The molecule has 0 aromatic carbocycles. The van der Waals surface area contributed by atoms with Gasteiger partial charge in [0.2, 0.25) is 5.28 Å². The lowest BCUT2D eigenvalue weighted by Crippen LogP contribution is -1.91. The van der Waals surface area contributed by atoms with Gasteiger partial charge in [0.25, 0.3) is 0 Å². The number of fused-ring (bicyclic) bond motifs is 1. The van der Waals surface area contributed by atoms with E-state index in [9.17, 15) is 0 Å². The van der Waals surface area contributed by atoms with E-state index < -0.39 is 0 Å². The molecule has 2 aromatic rings. The van der Waals surface area contributed by atoms with Gasteiger partial charge in [0, 0.05) is 0 Å². The molecule has 2 rings (SSSR count). The number of hydrogen-bond acceptors (Lipinski definition) is 5. The van der Waals surface area contributed by atoms with Crippen molar-refractivity contribution in [3.05, 3.63) is 11.0 Å². The van der Waals surface area contributed by atoms with Crippen molar-refractivity contribution in [2.45, 2.75) is 17.7 Å². The Balaban J connectivity index is 2.71. The van der Waals surface area contributed by atoms with Gasteiger partial charge in [-0.1, -0.05) is 18.7 Å². The molecule has 0 N–H and O–H groups in total. The van der Waals surface area contributed by atoms with Gasteiger partial charge in [0.15, 0.2) is 9.99 Å². The molecular formula is C8H8ClN3S2. The van der Waals surface area contributed by atoms with Crippen LogP contribution in [0.25, 0.3) is 10.3 Å². The maximum atomic E-state index is 5.79. The predicted octanol–water partition coefficient (Wildman–Crippen LogP) is 3.02. The first-order valence-corrected chi connectivity index (χ1v) is 6.53. The molecule has 0 aliphatic carbocycles.